The molecule has 0 saturated carbocycles. The van der Waals surface area contributed by atoms with Gasteiger partial charge in [0.15, 0.2) is 17.6 Å². The van der Waals surface area contributed by atoms with Gasteiger partial charge in [0.1, 0.15) is 0 Å². The minimum Gasteiger partial charge on any atom is -0.454 e. The van der Waals surface area contributed by atoms with Crippen LogP contribution in [0.4, 0.5) is 5.69 Å². The molecule has 10 nitrogen and oxygen atoms in total. The predicted molar refractivity (Wildman–Crippen MR) is 108 cm³/mol. The van der Waals surface area contributed by atoms with Crippen molar-refractivity contribution in [2.45, 2.75) is 33.8 Å². The number of anilines is 1. The number of benzene rings is 1. The lowest BCUT2D eigenvalue weighted by Crippen LogP contribution is -2.31. The van der Waals surface area contributed by atoms with E-state index < -0.39 is 24.6 Å². The normalized spacial score (nSPS) is 13.7. The van der Waals surface area contributed by atoms with Crippen LogP contribution in [0.25, 0.3) is 0 Å². The van der Waals surface area contributed by atoms with Crippen molar-refractivity contribution in [3.8, 4) is 11.5 Å². The van der Waals surface area contributed by atoms with Crippen LogP contribution in [-0.4, -0.2) is 46.9 Å². The van der Waals surface area contributed by atoms with E-state index in [4.69, 9.17) is 19.0 Å². The predicted octanol–water partition coefficient (Wildman–Crippen LogP) is 2.08. The topological polar surface area (TPSA) is 113 Å². The first-order chi connectivity index (χ1) is 14.3. The fourth-order valence-electron chi connectivity index (χ4n) is 2.82. The highest BCUT2D eigenvalue weighted by molar-refractivity contribution is 5.99. The highest BCUT2D eigenvalue weighted by Crippen LogP contribution is 2.32. The smallest absolute Gasteiger partial charge is 0.347 e. The lowest BCUT2D eigenvalue weighted by molar-refractivity contribution is -0.157. The maximum atomic E-state index is 12.3. The molecule has 1 aromatic carbocycles. The molecule has 0 spiro atoms. The zero-order valence-electron chi connectivity index (χ0n) is 17.5. The Kier molecular flexibility index (Phi) is 6.24. The summed E-state index contributed by atoms with van der Waals surface area (Å²) in [6.07, 6.45) is -1.00. The van der Waals surface area contributed by atoms with E-state index in [0.717, 1.165) is 11.3 Å². The van der Waals surface area contributed by atoms with E-state index in [1.165, 1.54) is 6.92 Å². The number of ether oxygens (including phenoxy) is 3. The van der Waals surface area contributed by atoms with Crippen molar-refractivity contribution < 1.29 is 28.6 Å². The first kappa shape index (κ1) is 21.2. The Morgan fingerprint density at radius 1 is 1.30 bits per heavy atom. The standard InChI is InChI=1S/C20H24N4O6/c1-11(15-6-7-16-17(8-15)28-10-27-16)23-29-9-18(25)30-14(4)20(26)21-19-12(2)22-24(5)13(19)3/h6-8,14H,9-10H2,1-5H3,(H,21,26)/b23-11-. The summed E-state index contributed by atoms with van der Waals surface area (Å²) in [5.41, 5.74) is 3.40. The third-order valence-electron chi connectivity index (χ3n) is 4.61. The van der Waals surface area contributed by atoms with Crippen LogP contribution in [0.15, 0.2) is 23.4 Å². The molecule has 2 aromatic rings. The van der Waals surface area contributed by atoms with Crippen molar-refractivity contribution in [2.24, 2.45) is 12.2 Å². The molecule has 10 heteroatoms. The molecule has 30 heavy (non-hydrogen) atoms. The lowest BCUT2D eigenvalue weighted by Gasteiger charge is -2.13. The highest BCUT2D eigenvalue weighted by atomic mass is 16.7. The number of aromatic nitrogens is 2. The van der Waals surface area contributed by atoms with Gasteiger partial charge in [0.2, 0.25) is 13.4 Å². The van der Waals surface area contributed by atoms with Crippen LogP contribution in [0.5, 0.6) is 11.5 Å². The van der Waals surface area contributed by atoms with Crippen LogP contribution in [0.1, 0.15) is 30.8 Å². The molecule has 1 aromatic heterocycles. The zero-order valence-corrected chi connectivity index (χ0v) is 17.5. The summed E-state index contributed by atoms with van der Waals surface area (Å²) in [5.74, 6) is 0.127. The first-order valence-electron chi connectivity index (χ1n) is 9.33. The number of esters is 1. The van der Waals surface area contributed by atoms with Gasteiger partial charge in [-0.1, -0.05) is 5.16 Å². The Balaban J connectivity index is 1.49. The number of hydrogen-bond acceptors (Lipinski definition) is 8. The number of nitrogens with zero attached hydrogens (tertiary/aromatic N) is 3. The number of oxime groups is 1. The van der Waals surface area contributed by atoms with Gasteiger partial charge >= 0.3 is 5.97 Å². The third kappa shape index (κ3) is 4.70. The number of aryl methyl sites for hydroxylation is 2. The molecule has 160 valence electrons. The molecule has 1 unspecified atom stereocenters. The van der Waals surface area contributed by atoms with Crippen molar-refractivity contribution in [2.75, 3.05) is 18.7 Å². The van der Waals surface area contributed by atoms with Crippen LogP contribution >= 0.6 is 0 Å². The molecule has 1 N–H and O–H groups in total. The molecule has 0 bridgehead atoms. The molecule has 0 radical (unpaired) electrons. The fraction of sp³-hybridized carbons (Fsp3) is 0.400. The molecule has 1 aliphatic heterocycles. The average Bonchev–Trinajstić information content (AvgIpc) is 3.26. The van der Waals surface area contributed by atoms with E-state index >= 15 is 0 Å². The third-order valence-corrected chi connectivity index (χ3v) is 4.61. The number of amides is 1. The molecule has 0 fully saturated rings. The molecule has 1 aliphatic rings. The van der Waals surface area contributed by atoms with Crippen molar-refractivity contribution in [3.63, 3.8) is 0 Å². The molecule has 1 amide bonds. The van der Waals surface area contributed by atoms with E-state index in [9.17, 15) is 9.59 Å². The maximum Gasteiger partial charge on any atom is 0.347 e. The van der Waals surface area contributed by atoms with Gasteiger partial charge in [-0.3, -0.25) is 9.48 Å². The summed E-state index contributed by atoms with van der Waals surface area (Å²) in [4.78, 5) is 29.3. The maximum absolute atomic E-state index is 12.3. The van der Waals surface area contributed by atoms with Crippen molar-refractivity contribution >= 4 is 23.3 Å². The van der Waals surface area contributed by atoms with Gasteiger partial charge < -0.3 is 24.4 Å². The number of carbonyl (C=O) groups excluding carboxylic acids is 2. The second kappa shape index (κ2) is 8.85. The molecule has 2 heterocycles. The van der Waals surface area contributed by atoms with Crippen molar-refractivity contribution in [1.82, 2.24) is 9.78 Å². The largest absolute Gasteiger partial charge is 0.454 e. The Bertz CT molecular complexity index is 997. The second-order valence-electron chi connectivity index (χ2n) is 6.81. The van der Waals surface area contributed by atoms with Crippen molar-refractivity contribution in [1.29, 1.82) is 0 Å². The molecule has 1 atom stereocenters. The van der Waals surface area contributed by atoms with E-state index in [1.807, 2.05) is 13.0 Å². The zero-order chi connectivity index (χ0) is 21.8. The first-order valence-corrected chi connectivity index (χ1v) is 9.33. The number of hydrogen-bond donors (Lipinski definition) is 1. The lowest BCUT2D eigenvalue weighted by atomic mass is 10.1. The molecule has 0 aliphatic carbocycles. The molecule has 3 rings (SSSR count). The Morgan fingerprint density at radius 2 is 2.03 bits per heavy atom. The number of fused-ring (bicyclic) bond motifs is 1. The fourth-order valence-corrected chi connectivity index (χ4v) is 2.82. The highest BCUT2D eigenvalue weighted by Gasteiger charge is 2.21. The average molecular weight is 416 g/mol. The quantitative estimate of drug-likeness (QED) is 0.418. The SMILES string of the molecule is C/C(=N/OCC(=O)OC(C)C(=O)Nc1c(C)nn(C)c1C)c1ccc2c(c1)OCO2. The van der Waals surface area contributed by atoms with Crippen LogP contribution in [0.2, 0.25) is 0 Å². The summed E-state index contributed by atoms with van der Waals surface area (Å²) in [5, 5.41) is 10.9. The van der Waals surface area contributed by atoms with E-state index in [-0.39, 0.29) is 6.79 Å². The van der Waals surface area contributed by atoms with Gasteiger partial charge in [0, 0.05) is 12.6 Å². The number of nitrogens with one attached hydrogen (secondary N) is 1. The van der Waals surface area contributed by atoms with E-state index in [1.54, 1.807) is 37.7 Å². The van der Waals surface area contributed by atoms with Crippen LogP contribution in [-0.2, 0) is 26.2 Å². The van der Waals surface area contributed by atoms with Gasteiger partial charge in [0.05, 0.1) is 22.8 Å². The minimum atomic E-state index is -1.00. The van der Waals surface area contributed by atoms with E-state index in [2.05, 4.69) is 15.6 Å². The van der Waals surface area contributed by atoms with Gasteiger partial charge in [-0.15, -0.1) is 0 Å². The summed E-state index contributed by atoms with van der Waals surface area (Å²) in [7, 11) is 1.78. The Labute approximate surface area is 173 Å². The Morgan fingerprint density at radius 3 is 2.73 bits per heavy atom. The van der Waals surface area contributed by atoms with Crippen LogP contribution in [0, 0.1) is 13.8 Å². The van der Waals surface area contributed by atoms with Gasteiger partial charge in [-0.2, -0.15) is 5.10 Å². The number of carbonyl (C=O) groups is 2. The number of rotatable bonds is 7. The summed E-state index contributed by atoms with van der Waals surface area (Å²) >= 11 is 0. The second-order valence-corrected chi connectivity index (χ2v) is 6.81. The monoisotopic (exact) mass is 416 g/mol. The molecular weight excluding hydrogens is 392 g/mol. The summed E-state index contributed by atoms with van der Waals surface area (Å²) < 4.78 is 17.4. The Hall–Kier alpha value is -3.56. The van der Waals surface area contributed by atoms with Gasteiger partial charge in [0.25, 0.3) is 5.91 Å². The van der Waals surface area contributed by atoms with Gasteiger partial charge in [-0.25, -0.2) is 4.79 Å². The van der Waals surface area contributed by atoms with Crippen LogP contribution < -0.4 is 14.8 Å². The summed E-state index contributed by atoms with van der Waals surface area (Å²) in [6, 6.07) is 5.36. The van der Waals surface area contributed by atoms with Gasteiger partial charge in [-0.05, 0) is 45.9 Å². The van der Waals surface area contributed by atoms with Crippen LogP contribution in [0.3, 0.4) is 0 Å². The van der Waals surface area contributed by atoms with E-state index in [0.29, 0.717) is 28.6 Å². The molecular formula is C20H24N4O6. The summed E-state index contributed by atoms with van der Waals surface area (Å²) in [6.45, 7) is 6.59. The van der Waals surface area contributed by atoms with Crippen molar-refractivity contribution in [3.05, 3.63) is 35.2 Å². The molecule has 0 saturated heterocycles. The minimum absolute atomic E-state index is 0.184.